The second kappa shape index (κ2) is 4.40. The van der Waals surface area contributed by atoms with Crippen LogP contribution in [0.1, 0.15) is 40.0 Å². The van der Waals surface area contributed by atoms with Gasteiger partial charge in [0.05, 0.1) is 0 Å². The van der Waals surface area contributed by atoms with Crippen molar-refractivity contribution in [2.24, 2.45) is 5.41 Å². The van der Waals surface area contributed by atoms with Gasteiger partial charge in [-0.25, -0.2) is 0 Å². The molecule has 0 unspecified atom stereocenters. The van der Waals surface area contributed by atoms with Crippen molar-refractivity contribution in [3.8, 4) is 0 Å². The van der Waals surface area contributed by atoms with E-state index in [9.17, 15) is 4.57 Å². The standard InChI is InChI=1S/C8H19O3P/c1-8(2,3)6-4-5-7-12(9,10)11/h4-7H2,1-3H3,(H2,9,10,11). The summed E-state index contributed by atoms with van der Waals surface area (Å²) in [7, 11) is -3.75. The zero-order chi connectivity index (χ0) is 9.83. The SMILES string of the molecule is CC(C)(C)CCCCP(=O)(O)O. The van der Waals surface area contributed by atoms with E-state index < -0.39 is 7.60 Å². The molecule has 2 N–H and O–H groups in total. The van der Waals surface area contributed by atoms with Crippen LogP contribution in [-0.2, 0) is 4.57 Å². The van der Waals surface area contributed by atoms with E-state index in [2.05, 4.69) is 20.8 Å². The van der Waals surface area contributed by atoms with Gasteiger partial charge in [0.15, 0.2) is 0 Å². The highest BCUT2D eigenvalue weighted by molar-refractivity contribution is 7.51. The fourth-order valence-electron chi connectivity index (χ4n) is 0.973. The van der Waals surface area contributed by atoms with Crippen LogP contribution in [0.25, 0.3) is 0 Å². The van der Waals surface area contributed by atoms with Gasteiger partial charge >= 0.3 is 7.60 Å². The maximum Gasteiger partial charge on any atom is 0.325 e. The minimum atomic E-state index is -3.75. The van der Waals surface area contributed by atoms with Gasteiger partial charge < -0.3 is 9.79 Å². The molecule has 12 heavy (non-hydrogen) atoms. The molecule has 0 aromatic carbocycles. The van der Waals surface area contributed by atoms with E-state index in [0.717, 1.165) is 12.8 Å². The van der Waals surface area contributed by atoms with E-state index >= 15 is 0 Å². The Bertz CT molecular complexity index is 166. The molecule has 0 rings (SSSR count). The van der Waals surface area contributed by atoms with Gasteiger partial charge in [-0.05, 0) is 18.3 Å². The largest absolute Gasteiger partial charge is 0.325 e. The normalized spacial score (nSPS) is 13.4. The summed E-state index contributed by atoms with van der Waals surface area (Å²) in [5.74, 6) is 0. The molecule has 74 valence electrons. The van der Waals surface area contributed by atoms with Crippen molar-refractivity contribution in [1.29, 1.82) is 0 Å². The Morgan fingerprint density at radius 3 is 2.00 bits per heavy atom. The molecule has 0 aliphatic carbocycles. The first-order valence-corrected chi connectivity index (χ1v) is 6.05. The predicted molar refractivity (Wildman–Crippen MR) is 50.2 cm³/mol. The number of unbranched alkanes of at least 4 members (excludes halogenated alkanes) is 1. The van der Waals surface area contributed by atoms with Crippen LogP contribution in [-0.4, -0.2) is 15.9 Å². The number of rotatable bonds is 4. The van der Waals surface area contributed by atoms with Crippen LogP contribution in [0.15, 0.2) is 0 Å². The van der Waals surface area contributed by atoms with E-state index in [1.165, 1.54) is 0 Å². The Morgan fingerprint density at radius 2 is 1.67 bits per heavy atom. The van der Waals surface area contributed by atoms with Gasteiger partial charge in [0.2, 0.25) is 0 Å². The quantitative estimate of drug-likeness (QED) is 0.533. The molecule has 0 aliphatic heterocycles. The Kier molecular flexibility index (Phi) is 4.46. The highest BCUT2D eigenvalue weighted by atomic mass is 31.2. The maximum absolute atomic E-state index is 10.5. The lowest BCUT2D eigenvalue weighted by atomic mass is 9.90. The summed E-state index contributed by atoms with van der Waals surface area (Å²) in [6.45, 7) is 6.39. The van der Waals surface area contributed by atoms with Gasteiger partial charge in [0.1, 0.15) is 0 Å². The van der Waals surface area contributed by atoms with Crippen LogP contribution in [0.4, 0.5) is 0 Å². The Morgan fingerprint density at radius 1 is 1.17 bits per heavy atom. The average molecular weight is 194 g/mol. The molecule has 0 bridgehead atoms. The van der Waals surface area contributed by atoms with E-state index in [1.807, 2.05) is 0 Å². The molecule has 3 nitrogen and oxygen atoms in total. The molecule has 0 aromatic heterocycles. The second-order valence-corrected chi connectivity index (χ2v) is 6.18. The van der Waals surface area contributed by atoms with Gasteiger partial charge in [0.25, 0.3) is 0 Å². The van der Waals surface area contributed by atoms with Crippen LogP contribution in [0.3, 0.4) is 0 Å². The Hall–Kier alpha value is 0.150. The van der Waals surface area contributed by atoms with Crippen molar-refractivity contribution >= 4 is 7.60 Å². The first-order valence-electron chi connectivity index (χ1n) is 4.25. The van der Waals surface area contributed by atoms with Gasteiger partial charge in [-0.1, -0.05) is 27.2 Å². The molecule has 0 aromatic rings. The van der Waals surface area contributed by atoms with E-state index in [4.69, 9.17) is 9.79 Å². The van der Waals surface area contributed by atoms with E-state index in [-0.39, 0.29) is 11.6 Å². The van der Waals surface area contributed by atoms with Crippen molar-refractivity contribution in [2.45, 2.75) is 40.0 Å². The molecular formula is C8H19O3P. The third kappa shape index (κ3) is 10.2. The maximum atomic E-state index is 10.5. The zero-order valence-corrected chi connectivity index (χ0v) is 8.97. The summed E-state index contributed by atoms with van der Waals surface area (Å²) in [5, 5.41) is 0. The van der Waals surface area contributed by atoms with Crippen molar-refractivity contribution in [2.75, 3.05) is 6.16 Å². The summed E-state index contributed by atoms with van der Waals surface area (Å²) in [6, 6.07) is 0. The predicted octanol–water partition coefficient (Wildman–Crippen LogP) is 2.38. The fourth-order valence-corrected chi connectivity index (χ4v) is 1.61. The lowest BCUT2D eigenvalue weighted by Gasteiger charge is -2.17. The zero-order valence-electron chi connectivity index (χ0n) is 8.08. The molecule has 0 spiro atoms. The fraction of sp³-hybridized carbons (Fsp3) is 1.00. The van der Waals surface area contributed by atoms with Crippen LogP contribution in [0, 0.1) is 5.41 Å². The first kappa shape index (κ1) is 12.2. The smallest absolute Gasteiger partial charge is 0.324 e. The van der Waals surface area contributed by atoms with Crippen LogP contribution in [0.5, 0.6) is 0 Å². The minimum absolute atomic E-state index is 0.0308. The van der Waals surface area contributed by atoms with Crippen LogP contribution >= 0.6 is 7.60 Å². The number of hydrogen-bond donors (Lipinski definition) is 2. The lowest BCUT2D eigenvalue weighted by molar-refractivity contribution is 0.350. The first-order chi connectivity index (χ1) is 5.21. The van der Waals surface area contributed by atoms with Gasteiger partial charge in [-0.3, -0.25) is 4.57 Å². The molecule has 0 saturated heterocycles. The monoisotopic (exact) mass is 194 g/mol. The summed E-state index contributed by atoms with van der Waals surface area (Å²) < 4.78 is 10.5. The Labute approximate surface area is 74.3 Å². The molecule has 4 heteroatoms. The molecule has 0 fully saturated rings. The molecule has 0 amide bonds. The highest BCUT2D eigenvalue weighted by Gasteiger charge is 2.14. The van der Waals surface area contributed by atoms with Crippen molar-refractivity contribution in [3.63, 3.8) is 0 Å². The topological polar surface area (TPSA) is 57.5 Å². The average Bonchev–Trinajstić information content (AvgIpc) is 1.76. The van der Waals surface area contributed by atoms with Crippen LogP contribution in [0.2, 0.25) is 0 Å². The second-order valence-electron chi connectivity index (χ2n) is 4.41. The van der Waals surface area contributed by atoms with Gasteiger partial charge in [-0.2, -0.15) is 0 Å². The summed E-state index contributed by atoms with van der Waals surface area (Å²) >= 11 is 0. The Balaban J connectivity index is 3.41. The molecule has 0 aliphatic rings. The third-order valence-corrected chi connectivity index (χ3v) is 2.52. The molecule has 0 saturated carbocycles. The summed E-state index contributed by atoms with van der Waals surface area (Å²) in [4.78, 5) is 17.1. The van der Waals surface area contributed by atoms with Crippen LogP contribution < -0.4 is 0 Å². The number of hydrogen-bond acceptors (Lipinski definition) is 1. The van der Waals surface area contributed by atoms with Gasteiger partial charge in [0, 0.05) is 6.16 Å². The van der Waals surface area contributed by atoms with Gasteiger partial charge in [-0.15, -0.1) is 0 Å². The summed E-state index contributed by atoms with van der Waals surface area (Å²) in [5.41, 5.74) is 0.273. The molecule has 0 radical (unpaired) electrons. The van der Waals surface area contributed by atoms with E-state index in [1.54, 1.807) is 0 Å². The molecular weight excluding hydrogens is 175 g/mol. The van der Waals surface area contributed by atoms with Crippen molar-refractivity contribution < 1.29 is 14.4 Å². The highest BCUT2D eigenvalue weighted by Crippen LogP contribution is 2.36. The van der Waals surface area contributed by atoms with Crippen molar-refractivity contribution in [3.05, 3.63) is 0 Å². The van der Waals surface area contributed by atoms with Crippen molar-refractivity contribution in [1.82, 2.24) is 0 Å². The van der Waals surface area contributed by atoms with E-state index in [0.29, 0.717) is 6.42 Å². The summed E-state index contributed by atoms with van der Waals surface area (Å²) in [6.07, 6.45) is 2.58. The minimum Gasteiger partial charge on any atom is -0.324 e. The molecule has 0 atom stereocenters. The lowest BCUT2D eigenvalue weighted by Crippen LogP contribution is -2.04. The third-order valence-electron chi connectivity index (χ3n) is 1.63. The molecule has 0 heterocycles.